The Morgan fingerprint density at radius 2 is 1.95 bits per heavy atom. The highest BCUT2D eigenvalue weighted by Gasteiger charge is 2.31. The molecule has 0 aliphatic heterocycles. The van der Waals surface area contributed by atoms with Gasteiger partial charge in [0.15, 0.2) is 0 Å². The molecule has 2 N–H and O–H groups in total. The highest BCUT2D eigenvalue weighted by Crippen LogP contribution is 2.32. The number of aliphatic hydroxyl groups excluding tert-OH is 1. The van der Waals surface area contributed by atoms with Crippen molar-refractivity contribution in [1.29, 1.82) is 0 Å². The Morgan fingerprint density at radius 3 is 2.45 bits per heavy atom. The van der Waals surface area contributed by atoms with Gasteiger partial charge in [-0.05, 0) is 43.0 Å². The summed E-state index contributed by atoms with van der Waals surface area (Å²) in [5.74, 6) is -0.576. The summed E-state index contributed by atoms with van der Waals surface area (Å²) >= 11 is 0. The van der Waals surface area contributed by atoms with Crippen molar-refractivity contribution < 1.29 is 27.8 Å². The maximum atomic E-state index is 12.0. The lowest BCUT2D eigenvalue weighted by Gasteiger charge is -2.11. The SMILES string of the molecule is O=C(NCC(O)C1CC1)c1ccc(OC(F)(F)F)cc1. The first-order chi connectivity index (χ1) is 9.35. The van der Waals surface area contributed by atoms with Crippen molar-refractivity contribution in [3.63, 3.8) is 0 Å². The van der Waals surface area contributed by atoms with Crippen molar-refractivity contribution in [2.75, 3.05) is 6.54 Å². The molecule has 0 bridgehead atoms. The molecule has 1 saturated carbocycles. The highest BCUT2D eigenvalue weighted by atomic mass is 19.4. The fraction of sp³-hybridized carbons (Fsp3) is 0.462. The van der Waals surface area contributed by atoms with Crippen molar-refractivity contribution in [2.45, 2.75) is 25.3 Å². The quantitative estimate of drug-likeness (QED) is 0.872. The molecule has 1 aromatic rings. The summed E-state index contributed by atoms with van der Waals surface area (Å²) in [4.78, 5) is 11.7. The van der Waals surface area contributed by atoms with Gasteiger partial charge >= 0.3 is 6.36 Å². The second-order valence-electron chi connectivity index (χ2n) is 4.69. The third-order valence-corrected chi connectivity index (χ3v) is 2.99. The molecule has 1 fully saturated rings. The van der Waals surface area contributed by atoms with Crippen LogP contribution in [0.4, 0.5) is 13.2 Å². The van der Waals surface area contributed by atoms with Crippen LogP contribution in [0.2, 0.25) is 0 Å². The second kappa shape index (κ2) is 5.70. The Hall–Kier alpha value is -1.76. The van der Waals surface area contributed by atoms with Crippen LogP contribution < -0.4 is 10.1 Å². The van der Waals surface area contributed by atoms with Crippen LogP contribution in [0.25, 0.3) is 0 Å². The lowest BCUT2D eigenvalue weighted by molar-refractivity contribution is -0.274. The average molecular weight is 289 g/mol. The molecule has 20 heavy (non-hydrogen) atoms. The summed E-state index contributed by atoms with van der Waals surface area (Å²) in [5, 5.41) is 12.1. The van der Waals surface area contributed by atoms with Crippen LogP contribution in [0.15, 0.2) is 24.3 Å². The van der Waals surface area contributed by atoms with Gasteiger partial charge < -0.3 is 15.2 Å². The van der Waals surface area contributed by atoms with Gasteiger partial charge in [-0.15, -0.1) is 13.2 Å². The van der Waals surface area contributed by atoms with Gasteiger partial charge in [-0.1, -0.05) is 0 Å². The molecule has 2 rings (SSSR count). The monoisotopic (exact) mass is 289 g/mol. The van der Waals surface area contributed by atoms with Gasteiger partial charge in [0.1, 0.15) is 5.75 Å². The van der Waals surface area contributed by atoms with Crippen molar-refractivity contribution in [2.24, 2.45) is 5.92 Å². The molecule has 1 aromatic carbocycles. The summed E-state index contributed by atoms with van der Waals surface area (Å²) in [6, 6.07) is 4.61. The fourth-order valence-corrected chi connectivity index (χ4v) is 1.75. The normalized spacial score (nSPS) is 16.6. The molecule has 1 amide bonds. The number of benzene rings is 1. The molecule has 0 aromatic heterocycles. The van der Waals surface area contributed by atoms with E-state index in [-0.39, 0.29) is 23.8 Å². The fourth-order valence-electron chi connectivity index (χ4n) is 1.75. The van der Waals surface area contributed by atoms with Crippen molar-refractivity contribution in [3.05, 3.63) is 29.8 Å². The van der Waals surface area contributed by atoms with Crippen molar-refractivity contribution in [3.8, 4) is 5.75 Å². The van der Waals surface area contributed by atoms with E-state index < -0.39 is 18.4 Å². The number of halogens is 3. The summed E-state index contributed by atoms with van der Waals surface area (Å²) in [6.45, 7) is 0.143. The molecule has 7 heteroatoms. The largest absolute Gasteiger partial charge is 0.573 e. The van der Waals surface area contributed by atoms with E-state index in [9.17, 15) is 23.1 Å². The van der Waals surface area contributed by atoms with Gasteiger partial charge in [0, 0.05) is 12.1 Å². The number of amides is 1. The van der Waals surface area contributed by atoms with Crippen molar-refractivity contribution in [1.82, 2.24) is 5.32 Å². The van der Waals surface area contributed by atoms with Gasteiger partial charge in [0.25, 0.3) is 5.91 Å². The molecule has 1 atom stereocenters. The van der Waals surface area contributed by atoms with Gasteiger partial charge in [-0.2, -0.15) is 0 Å². The first kappa shape index (κ1) is 14.6. The maximum absolute atomic E-state index is 12.0. The van der Waals surface area contributed by atoms with Crippen LogP contribution in [-0.2, 0) is 0 Å². The van der Waals surface area contributed by atoms with E-state index >= 15 is 0 Å². The van der Waals surface area contributed by atoms with Gasteiger partial charge in [0.2, 0.25) is 0 Å². The smallest absolute Gasteiger partial charge is 0.406 e. The molecule has 1 aliphatic rings. The minimum absolute atomic E-state index is 0.143. The molecule has 1 unspecified atom stereocenters. The highest BCUT2D eigenvalue weighted by molar-refractivity contribution is 5.94. The second-order valence-corrected chi connectivity index (χ2v) is 4.69. The van der Waals surface area contributed by atoms with E-state index in [1.807, 2.05) is 0 Å². The zero-order valence-electron chi connectivity index (χ0n) is 10.5. The number of hydrogen-bond donors (Lipinski definition) is 2. The third-order valence-electron chi connectivity index (χ3n) is 2.99. The number of alkyl halides is 3. The first-order valence-electron chi connectivity index (χ1n) is 6.17. The first-order valence-corrected chi connectivity index (χ1v) is 6.17. The Bertz CT molecular complexity index is 469. The van der Waals surface area contributed by atoms with Crippen LogP contribution >= 0.6 is 0 Å². The molecule has 0 spiro atoms. The van der Waals surface area contributed by atoms with Crippen LogP contribution in [-0.4, -0.2) is 30.0 Å². The van der Waals surface area contributed by atoms with Gasteiger partial charge in [-0.25, -0.2) is 0 Å². The summed E-state index contributed by atoms with van der Waals surface area (Å²) in [7, 11) is 0. The van der Waals surface area contributed by atoms with E-state index in [0.29, 0.717) is 0 Å². The minimum atomic E-state index is -4.75. The Morgan fingerprint density at radius 1 is 1.35 bits per heavy atom. The molecule has 1 aliphatic carbocycles. The van der Waals surface area contributed by atoms with Gasteiger partial charge in [0.05, 0.1) is 6.10 Å². The van der Waals surface area contributed by atoms with E-state index in [2.05, 4.69) is 10.1 Å². The minimum Gasteiger partial charge on any atom is -0.406 e. The van der Waals surface area contributed by atoms with Crippen molar-refractivity contribution >= 4 is 5.91 Å². The zero-order chi connectivity index (χ0) is 14.8. The molecule has 110 valence electrons. The number of hydrogen-bond acceptors (Lipinski definition) is 3. The predicted octanol–water partition coefficient (Wildman–Crippen LogP) is 2.09. The van der Waals surface area contributed by atoms with E-state index in [1.54, 1.807) is 0 Å². The van der Waals surface area contributed by atoms with Gasteiger partial charge in [-0.3, -0.25) is 4.79 Å². The number of rotatable bonds is 5. The molecule has 0 heterocycles. The predicted molar refractivity (Wildman–Crippen MR) is 64.2 cm³/mol. The van der Waals surface area contributed by atoms with E-state index in [4.69, 9.17) is 0 Å². The molecule has 0 radical (unpaired) electrons. The summed E-state index contributed by atoms with van der Waals surface area (Å²) < 4.78 is 39.6. The number of ether oxygens (including phenoxy) is 1. The number of carbonyl (C=O) groups is 1. The third kappa shape index (κ3) is 4.41. The number of aliphatic hydroxyl groups is 1. The Kier molecular flexibility index (Phi) is 4.17. The van der Waals surface area contributed by atoms with E-state index in [0.717, 1.165) is 25.0 Å². The van der Waals surface area contributed by atoms with E-state index in [1.165, 1.54) is 12.1 Å². The standard InChI is InChI=1S/C13H14F3NO3/c14-13(15,16)20-10-5-3-9(4-6-10)12(19)17-7-11(18)8-1-2-8/h3-6,8,11,18H,1-2,7H2,(H,17,19). The lowest BCUT2D eigenvalue weighted by atomic mass is 10.2. The van der Waals surface area contributed by atoms with Crippen LogP contribution in [0, 0.1) is 5.92 Å². The zero-order valence-corrected chi connectivity index (χ0v) is 10.5. The molecular formula is C13H14F3NO3. The van der Waals surface area contributed by atoms with Crippen LogP contribution in [0.1, 0.15) is 23.2 Å². The summed E-state index contributed by atoms with van der Waals surface area (Å²) in [5.41, 5.74) is 0.211. The maximum Gasteiger partial charge on any atom is 0.573 e. The van der Waals surface area contributed by atoms with Crippen LogP contribution in [0.5, 0.6) is 5.75 Å². The number of carbonyl (C=O) groups excluding carboxylic acids is 1. The number of nitrogens with one attached hydrogen (secondary N) is 1. The van der Waals surface area contributed by atoms with Crippen LogP contribution in [0.3, 0.4) is 0 Å². The Balaban J connectivity index is 1.86. The molecule has 4 nitrogen and oxygen atoms in total. The molecular weight excluding hydrogens is 275 g/mol. The lowest BCUT2D eigenvalue weighted by Crippen LogP contribution is -2.33. The molecule has 0 saturated heterocycles. The summed E-state index contributed by atoms with van der Waals surface area (Å²) in [6.07, 6.45) is -3.40. The topological polar surface area (TPSA) is 58.6 Å². The average Bonchev–Trinajstić information content (AvgIpc) is 3.18. The Labute approximate surface area is 113 Å².